The lowest BCUT2D eigenvalue weighted by atomic mass is 9.79. The minimum Gasteiger partial charge on any atom is -0.381 e. The molecule has 6 heterocycles. The van der Waals surface area contributed by atoms with E-state index in [1.807, 2.05) is 47.4 Å². The fourth-order valence-electron chi connectivity index (χ4n) is 4.83. The second-order valence-corrected chi connectivity index (χ2v) is 8.69. The first-order valence-corrected chi connectivity index (χ1v) is 10.5. The summed E-state index contributed by atoms with van der Waals surface area (Å²) in [7, 11) is 0. The topological polar surface area (TPSA) is 64.7 Å². The van der Waals surface area contributed by atoms with Gasteiger partial charge < -0.3 is 18.6 Å². The molecular weight excluding hydrogens is 390 g/mol. The van der Waals surface area contributed by atoms with Gasteiger partial charge >= 0.3 is 0 Å². The van der Waals surface area contributed by atoms with Crippen molar-refractivity contribution in [3.63, 3.8) is 0 Å². The highest BCUT2D eigenvalue weighted by Gasteiger charge is 2.46. The van der Waals surface area contributed by atoms with Gasteiger partial charge in [0.2, 0.25) is 0 Å². The van der Waals surface area contributed by atoms with Crippen molar-refractivity contribution >= 4 is 28.2 Å². The van der Waals surface area contributed by atoms with Crippen LogP contribution >= 0.6 is 0 Å². The summed E-state index contributed by atoms with van der Waals surface area (Å²) in [5, 5.41) is 1.59. The summed E-state index contributed by atoms with van der Waals surface area (Å²) in [6, 6.07) is 5.96. The molecule has 0 unspecified atom stereocenters. The lowest BCUT2D eigenvalue weighted by Gasteiger charge is -2.48. The van der Waals surface area contributed by atoms with E-state index in [2.05, 4.69) is 21.4 Å². The van der Waals surface area contributed by atoms with E-state index in [1.54, 1.807) is 16.8 Å². The van der Waals surface area contributed by atoms with Gasteiger partial charge in [0.05, 0.1) is 36.1 Å². The highest BCUT2D eigenvalue weighted by atomic mass is 16.5. The SMILES string of the molecule is C=Cc1ccc2nc(Cn3ccc4c(N5CC6(CCOC6)C5)cncc4c3=O)cn2c1. The van der Waals surface area contributed by atoms with Gasteiger partial charge in [-0.15, -0.1) is 0 Å². The molecule has 2 aliphatic heterocycles. The van der Waals surface area contributed by atoms with Crippen molar-refractivity contribution in [1.82, 2.24) is 18.9 Å². The van der Waals surface area contributed by atoms with Crippen molar-refractivity contribution in [3.8, 4) is 0 Å². The fraction of sp³-hybridized carbons (Fsp3) is 0.292. The molecule has 0 saturated carbocycles. The molecule has 0 aromatic carbocycles. The average molecular weight is 413 g/mol. The quantitative estimate of drug-likeness (QED) is 0.515. The number of hydrogen-bond donors (Lipinski definition) is 0. The van der Waals surface area contributed by atoms with Gasteiger partial charge in [0, 0.05) is 55.3 Å². The Hall–Kier alpha value is -3.45. The molecule has 156 valence electrons. The van der Waals surface area contributed by atoms with Crippen LogP contribution in [0.1, 0.15) is 17.7 Å². The maximum Gasteiger partial charge on any atom is 0.260 e. The third kappa shape index (κ3) is 2.96. The molecule has 7 heteroatoms. The van der Waals surface area contributed by atoms with Crippen LogP contribution < -0.4 is 10.5 Å². The van der Waals surface area contributed by atoms with Crippen LogP contribution in [-0.2, 0) is 11.3 Å². The summed E-state index contributed by atoms with van der Waals surface area (Å²) in [4.78, 5) is 24.6. The summed E-state index contributed by atoms with van der Waals surface area (Å²) in [5.74, 6) is 0. The van der Waals surface area contributed by atoms with Crippen LogP contribution in [0.5, 0.6) is 0 Å². The Morgan fingerprint density at radius 1 is 1.16 bits per heavy atom. The number of ether oxygens (including phenoxy) is 1. The van der Waals surface area contributed by atoms with Gasteiger partial charge in [0.25, 0.3) is 5.56 Å². The Morgan fingerprint density at radius 3 is 2.87 bits per heavy atom. The maximum atomic E-state index is 13.2. The van der Waals surface area contributed by atoms with Gasteiger partial charge in [-0.3, -0.25) is 9.78 Å². The standard InChI is InChI=1S/C24H23N5O2/c1-2-17-3-4-22-26-18(13-28(22)11-17)12-27-7-5-19-20(23(27)30)9-25-10-21(19)29-14-24(15-29)6-8-31-16-24/h2-5,7,9-11,13H,1,6,8,12,14-16H2. The molecule has 0 aliphatic carbocycles. The Bertz CT molecular complexity index is 1370. The van der Waals surface area contributed by atoms with Crippen LogP contribution in [-0.4, -0.2) is 45.2 Å². The number of aromatic nitrogens is 4. The first kappa shape index (κ1) is 18.3. The van der Waals surface area contributed by atoms with Crippen molar-refractivity contribution in [1.29, 1.82) is 0 Å². The predicted molar refractivity (Wildman–Crippen MR) is 120 cm³/mol. The summed E-state index contributed by atoms with van der Waals surface area (Å²) in [5.41, 5.74) is 3.97. The van der Waals surface area contributed by atoms with Gasteiger partial charge in [0.1, 0.15) is 5.65 Å². The normalized spacial score (nSPS) is 17.5. The van der Waals surface area contributed by atoms with E-state index < -0.39 is 0 Å². The number of anilines is 1. The van der Waals surface area contributed by atoms with Gasteiger partial charge in [-0.25, -0.2) is 4.98 Å². The maximum absolute atomic E-state index is 13.2. The zero-order valence-corrected chi connectivity index (χ0v) is 17.2. The molecular formula is C24H23N5O2. The highest BCUT2D eigenvalue weighted by Crippen LogP contribution is 2.42. The number of nitrogens with zero attached hydrogens (tertiary/aromatic N) is 5. The minimum atomic E-state index is -0.0462. The molecule has 2 aliphatic rings. The molecule has 0 amide bonds. The van der Waals surface area contributed by atoms with Crippen molar-refractivity contribution in [2.24, 2.45) is 5.41 Å². The fourth-order valence-corrected chi connectivity index (χ4v) is 4.83. The van der Waals surface area contributed by atoms with Crippen molar-refractivity contribution in [2.75, 3.05) is 31.2 Å². The second kappa shape index (κ2) is 6.78. The van der Waals surface area contributed by atoms with E-state index in [1.165, 1.54) is 0 Å². The van der Waals surface area contributed by atoms with Crippen LogP contribution in [0, 0.1) is 5.41 Å². The third-order valence-electron chi connectivity index (χ3n) is 6.55. The van der Waals surface area contributed by atoms with Crippen molar-refractivity contribution in [2.45, 2.75) is 13.0 Å². The molecule has 0 atom stereocenters. The molecule has 0 N–H and O–H groups in total. The van der Waals surface area contributed by atoms with Crippen LogP contribution in [0.15, 0.2) is 60.6 Å². The molecule has 1 spiro atoms. The summed E-state index contributed by atoms with van der Waals surface area (Å²) in [6.07, 6.45) is 12.3. The van der Waals surface area contributed by atoms with Gasteiger partial charge in [-0.05, 0) is 30.2 Å². The molecule has 4 aromatic heterocycles. The van der Waals surface area contributed by atoms with E-state index in [0.29, 0.717) is 11.9 Å². The van der Waals surface area contributed by atoms with E-state index >= 15 is 0 Å². The van der Waals surface area contributed by atoms with E-state index in [-0.39, 0.29) is 11.0 Å². The Kier molecular flexibility index (Phi) is 4.01. The van der Waals surface area contributed by atoms with Crippen LogP contribution in [0.3, 0.4) is 0 Å². The number of imidazole rings is 1. The molecule has 0 radical (unpaired) electrons. The number of fused-ring (bicyclic) bond motifs is 2. The molecule has 2 fully saturated rings. The predicted octanol–water partition coefficient (Wildman–Crippen LogP) is 2.96. The van der Waals surface area contributed by atoms with Crippen LogP contribution in [0.25, 0.3) is 22.5 Å². The summed E-state index contributed by atoms with van der Waals surface area (Å²) >= 11 is 0. The van der Waals surface area contributed by atoms with Crippen LogP contribution in [0.2, 0.25) is 0 Å². The smallest absolute Gasteiger partial charge is 0.260 e. The van der Waals surface area contributed by atoms with Crippen molar-refractivity contribution in [3.05, 3.63) is 77.4 Å². The highest BCUT2D eigenvalue weighted by molar-refractivity contribution is 5.93. The molecule has 6 rings (SSSR count). The zero-order valence-electron chi connectivity index (χ0n) is 17.2. The largest absolute Gasteiger partial charge is 0.381 e. The van der Waals surface area contributed by atoms with E-state index in [4.69, 9.17) is 4.74 Å². The first-order chi connectivity index (χ1) is 15.1. The summed E-state index contributed by atoms with van der Waals surface area (Å²) in [6.45, 7) is 7.83. The first-order valence-electron chi connectivity index (χ1n) is 10.5. The van der Waals surface area contributed by atoms with Crippen molar-refractivity contribution < 1.29 is 4.74 Å². The zero-order chi connectivity index (χ0) is 21.0. The molecule has 7 nitrogen and oxygen atoms in total. The molecule has 2 saturated heterocycles. The van der Waals surface area contributed by atoms with Gasteiger partial charge in [-0.2, -0.15) is 0 Å². The third-order valence-corrected chi connectivity index (χ3v) is 6.55. The lowest BCUT2D eigenvalue weighted by Crippen LogP contribution is -2.57. The van der Waals surface area contributed by atoms with E-state index in [9.17, 15) is 4.79 Å². The van der Waals surface area contributed by atoms with E-state index in [0.717, 1.165) is 60.7 Å². The molecule has 4 aromatic rings. The number of hydrogen-bond acceptors (Lipinski definition) is 5. The number of rotatable bonds is 4. The van der Waals surface area contributed by atoms with Gasteiger partial charge in [-0.1, -0.05) is 12.7 Å². The number of pyridine rings is 3. The Morgan fingerprint density at radius 2 is 2.06 bits per heavy atom. The average Bonchev–Trinajstić information content (AvgIpc) is 3.41. The minimum absolute atomic E-state index is 0.0462. The second-order valence-electron chi connectivity index (χ2n) is 8.69. The Labute approximate surface area is 179 Å². The monoisotopic (exact) mass is 413 g/mol. The summed E-state index contributed by atoms with van der Waals surface area (Å²) < 4.78 is 9.26. The molecule has 31 heavy (non-hydrogen) atoms. The lowest BCUT2D eigenvalue weighted by molar-refractivity contribution is 0.131. The van der Waals surface area contributed by atoms with Gasteiger partial charge in [0.15, 0.2) is 0 Å². The van der Waals surface area contributed by atoms with Crippen LogP contribution in [0.4, 0.5) is 5.69 Å². The Balaban J connectivity index is 1.32. The molecule has 0 bridgehead atoms.